The van der Waals surface area contributed by atoms with Crippen LogP contribution in [0.4, 0.5) is 0 Å². The Morgan fingerprint density at radius 3 is 2.82 bits per heavy atom. The number of nitrogens with one attached hydrogen (secondary N) is 1. The van der Waals surface area contributed by atoms with Crippen LogP contribution >= 0.6 is 11.3 Å². The van der Waals surface area contributed by atoms with Crippen molar-refractivity contribution in [2.24, 2.45) is 5.92 Å². The minimum absolute atomic E-state index is 0.0652. The second kappa shape index (κ2) is 8.41. The number of nitrogens with zero attached hydrogens (tertiary/aromatic N) is 2. The molecule has 6 heteroatoms. The molecule has 2 rings (SSSR count). The number of morpholine rings is 1. The Morgan fingerprint density at radius 1 is 1.50 bits per heavy atom. The molecule has 1 aliphatic rings. The quantitative estimate of drug-likeness (QED) is 0.813. The number of rotatable bonds is 6. The molecule has 1 fully saturated rings. The van der Waals surface area contributed by atoms with Crippen molar-refractivity contribution in [2.45, 2.75) is 26.8 Å². The Bertz CT molecular complexity index is 507. The van der Waals surface area contributed by atoms with Crippen molar-refractivity contribution in [3.63, 3.8) is 0 Å². The van der Waals surface area contributed by atoms with E-state index in [9.17, 15) is 4.79 Å². The van der Waals surface area contributed by atoms with Crippen LogP contribution in [0.15, 0.2) is 11.5 Å². The molecule has 0 aliphatic carbocycles. The number of carbonyl (C=O) groups is 1. The number of hydrogen-bond acceptors (Lipinski definition) is 5. The van der Waals surface area contributed by atoms with E-state index >= 15 is 0 Å². The van der Waals surface area contributed by atoms with E-state index in [2.05, 4.69) is 29.0 Å². The lowest BCUT2D eigenvalue weighted by molar-refractivity contribution is -0.116. The Hall–Kier alpha value is -1.24. The predicted octanol–water partition coefficient (Wildman–Crippen LogP) is 1.94. The Morgan fingerprint density at radius 2 is 2.23 bits per heavy atom. The van der Waals surface area contributed by atoms with Crippen molar-refractivity contribution in [3.05, 3.63) is 22.2 Å². The molecule has 1 aromatic rings. The first-order chi connectivity index (χ1) is 10.6. The van der Waals surface area contributed by atoms with Gasteiger partial charge in [-0.15, -0.1) is 11.3 Å². The zero-order valence-electron chi connectivity index (χ0n) is 13.5. The Balaban J connectivity index is 1.83. The smallest absolute Gasteiger partial charge is 0.244 e. The summed E-state index contributed by atoms with van der Waals surface area (Å²) in [5.41, 5.74) is 0.839. The van der Waals surface area contributed by atoms with Gasteiger partial charge in [0, 0.05) is 37.1 Å². The van der Waals surface area contributed by atoms with E-state index in [1.807, 2.05) is 12.3 Å². The highest BCUT2D eigenvalue weighted by atomic mass is 32.1. The van der Waals surface area contributed by atoms with Gasteiger partial charge < -0.3 is 10.1 Å². The summed E-state index contributed by atoms with van der Waals surface area (Å²) in [4.78, 5) is 18.7. The molecule has 0 spiro atoms. The average Bonchev–Trinajstić information content (AvgIpc) is 2.92. The van der Waals surface area contributed by atoms with Crippen molar-refractivity contribution in [3.8, 4) is 0 Å². The van der Waals surface area contributed by atoms with Gasteiger partial charge in [0.05, 0.1) is 23.9 Å². The minimum Gasteiger partial charge on any atom is -0.379 e. The van der Waals surface area contributed by atoms with Gasteiger partial charge in [0.1, 0.15) is 0 Å². The van der Waals surface area contributed by atoms with Gasteiger partial charge in [-0.05, 0) is 18.9 Å². The number of carbonyl (C=O) groups excluding carboxylic acids is 1. The lowest BCUT2D eigenvalue weighted by Gasteiger charge is -2.36. The van der Waals surface area contributed by atoms with Crippen LogP contribution in [0.3, 0.4) is 0 Å². The number of ether oxygens (including phenoxy) is 1. The van der Waals surface area contributed by atoms with Gasteiger partial charge in [-0.2, -0.15) is 0 Å². The monoisotopic (exact) mass is 323 g/mol. The van der Waals surface area contributed by atoms with Gasteiger partial charge in [0.25, 0.3) is 0 Å². The van der Waals surface area contributed by atoms with Crippen LogP contribution in [0.2, 0.25) is 0 Å². The first kappa shape index (κ1) is 17.1. The maximum absolute atomic E-state index is 12.0. The fourth-order valence-electron chi connectivity index (χ4n) is 2.58. The first-order valence-electron chi connectivity index (χ1n) is 7.76. The topological polar surface area (TPSA) is 54.5 Å². The van der Waals surface area contributed by atoms with E-state index in [0.29, 0.717) is 18.5 Å². The fourth-order valence-corrected chi connectivity index (χ4v) is 3.16. The highest BCUT2D eigenvalue weighted by molar-refractivity contribution is 7.09. The predicted molar refractivity (Wildman–Crippen MR) is 89.9 cm³/mol. The number of aromatic nitrogens is 1. The summed E-state index contributed by atoms with van der Waals surface area (Å²) in [6.07, 6.45) is 3.32. The van der Waals surface area contributed by atoms with E-state index in [0.717, 1.165) is 37.0 Å². The van der Waals surface area contributed by atoms with Crippen LogP contribution in [0, 0.1) is 12.8 Å². The van der Waals surface area contributed by atoms with E-state index in [-0.39, 0.29) is 5.91 Å². The second-order valence-electron chi connectivity index (χ2n) is 5.83. The molecule has 0 saturated carbocycles. The standard InChI is InChI=1S/C16H25N3O2S/c1-12(2)15(19-6-8-21-9-7-19)10-17-16(20)5-4-14-11-22-13(3)18-14/h4-5,11-12,15H,6-10H2,1-3H3,(H,17,20)/b5-4+/t15-/m1/s1. The van der Waals surface area contributed by atoms with Crippen LogP contribution in [0.25, 0.3) is 6.08 Å². The van der Waals surface area contributed by atoms with Crippen molar-refractivity contribution in [1.29, 1.82) is 0 Å². The summed E-state index contributed by atoms with van der Waals surface area (Å²) in [7, 11) is 0. The first-order valence-corrected chi connectivity index (χ1v) is 8.64. The summed E-state index contributed by atoms with van der Waals surface area (Å²) >= 11 is 1.58. The maximum atomic E-state index is 12.0. The van der Waals surface area contributed by atoms with Crippen molar-refractivity contribution < 1.29 is 9.53 Å². The number of hydrogen-bond donors (Lipinski definition) is 1. The molecule has 2 heterocycles. The molecule has 0 aromatic carbocycles. The minimum atomic E-state index is -0.0652. The SMILES string of the molecule is Cc1nc(/C=C/C(=O)NC[C@H](C(C)C)N2CCOCC2)cs1. The summed E-state index contributed by atoms with van der Waals surface area (Å²) in [6.45, 7) is 10.4. The van der Waals surface area contributed by atoms with Gasteiger partial charge in [0.15, 0.2) is 0 Å². The third-order valence-electron chi connectivity index (χ3n) is 3.81. The molecule has 1 saturated heterocycles. The van der Waals surface area contributed by atoms with E-state index in [4.69, 9.17) is 4.74 Å². The Labute approximate surface area is 136 Å². The molecule has 1 aromatic heterocycles. The van der Waals surface area contributed by atoms with Crippen molar-refractivity contribution in [2.75, 3.05) is 32.8 Å². The van der Waals surface area contributed by atoms with Crippen LogP contribution < -0.4 is 5.32 Å². The summed E-state index contributed by atoms with van der Waals surface area (Å²) in [5, 5.41) is 5.96. The number of amides is 1. The second-order valence-corrected chi connectivity index (χ2v) is 6.89. The van der Waals surface area contributed by atoms with Crippen LogP contribution in [-0.4, -0.2) is 54.7 Å². The van der Waals surface area contributed by atoms with Crippen LogP contribution in [0.5, 0.6) is 0 Å². The zero-order chi connectivity index (χ0) is 15.9. The molecule has 0 bridgehead atoms. The molecule has 1 aliphatic heterocycles. The van der Waals surface area contributed by atoms with Gasteiger partial charge in [-0.25, -0.2) is 4.98 Å². The largest absolute Gasteiger partial charge is 0.379 e. The Kier molecular flexibility index (Phi) is 6.54. The van der Waals surface area contributed by atoms with Gasteiger partial charge in [0.2, 0.25) is 5.91 Å². The molecular formula is C16H25N3O2S. The van der Waals surface area contributed by atoms with Crippen LogP contribution in [0.1, 0.15) is 24.5 Å². The third-order valence-corrected chi connectivity index (χ3v) is 4.60. The number of aryl methyl sites for hydroxylation is 1. The molecule has 1 amide bonds. The summed E-state index contributed by atoms with van der Waals surface area (Å²) < 4.78 is 5.40. The highest BCUT2D eigenvalue weighted by Crippen LogP contribution is 2.12. The van der Waals surface area contributed by atoms with Crippen LogP contribution in [-0.2, 0) is 9.53 Å². The molecule has 1 atom stereocenters. The van der Waals surface area contributed by atoms with Gasteiger partial charge in [-0.1, -0.05) is 13.8 Å². The van der Waals surface area contributed by atoms with Gasteiger partial charge in [-0.3, -0.25) is 9.69 Å². The van der Waals surface area contributed by atoms with E-state index in [1.165, 1.54) is 0 Å². The summed E-state index contributed by atoms with van der Waals surface area (Å²) in [6, 6.07) is 0.350. The molecule has 5 nitrogen and oxygen atoms in total. The number of thiazole rings is 1. The lowest BCUT2D eigenvalue weighted by atomic mass is 10.0. The van der Waals surface area contributed by atoms with Gasteiger partial charge >= 0.3 is 0 Å². The third kappa shape index (κ3) is 5.19. The lowest BCUT2D eigenvalue weighted by Crippen LogP contribution is -2.51. The maximum Gasteiger partial charge on any atom is 0.244 e. The summed E-state index contributed by atoms with van der Waals surface area (Å²) in [5.74, 6) is 0.424. The molecule has 0 radical (unpaired) electrons. The highest BCUT2D eigenvalue weighted by Gasteiger charge is 2.23. The normalized spacial score (nSPS) is 18.0. The van der Waals surface area contributed by atoms with Crippen molar-refractivity contribution in [1.82, 2.24) is 15.2 Å². The molecule has 1 N–H and O–H groups in total. The van der Waals surface area contributed by atoms with Crippen molar-refractivity contribution >= 4 is 23.3 Å². The molecular weight excluding hydrogens is 298 g/mol. The molecule has 22 heavy (non-hydrogen) atoms. The van der Waals surface area contributed by atoms with E-state index in [1.54, 1.807) is 23.5 Å². The van der Waals surface area contributed by atoms with E-state index < -0.39 is 0 Å². The zero-order valence-corrected chi connectivity index (χ0v) is 14.4. The molecule has 122 valence electrons. The molecule has 0 unspecified atom stereocenters. The fraction of sp³-hybridized carbons (Fsp3) is 0.625. The average molecular weight is 323 g/mol.